The van der Waals surface area contributed by atoms with Crippen LogP contribution in [-0.4, -0.2) is 35.7 Å². The van der Waals surface area contributed by atoms with Gasteiger partial charge in [-0.2, -0.15) is 0 Å². The highest BCUT2D eigenvalue weighted by atomic mass is 16.5. The molecule has 1 aliphatic heterocycles. The van der Waals surface area contributed by atoms with Crippen molar-refractivity contribution in [3.8, 4) is 5.75 Å². The fourth-order valence-electron chi connectivity index (χ4n) is 2.47. The molecule has 20 heavy (non-hydrogen) atoms. The smallest absolute Gasteiger partial charge is 0.222 e. The first kappa shape index (κ1) is 14.9. The average Bonchev–Trinajstić information content (AvgIpc) is 2.48. The zero-order valence-electron chi connectivity index (χ0n) is 12.0. The van der Waals surface area contributed by atoms with Gasteiger partial charge in [0.25, 0.3) is 0 Å². The van der Waals surface area contributed by atoms with Crippen molar-refractivity contribution >= 4 is 5.91 Å². The molecule has 1 amide bonds. The first-order valence-electron chi connectivity index (χ1n) is 7.28. The second kappa shape index (κ2) is 7.29. The van der Waals surface area contributed by atoms with Crippen molar-refractivity contribution in [2.75, 3.05) is 13.7 Å². The molecule has 0 aromatic heterocycles. The van der Waals surface area contributed by atoms with E-state index >= 15 is 0 Å². The van der Waals surface area contributed by atoms with Crippen molar-refractivity contribution in [1.82, 2.24) is 4.90 Å². The van der Waals surface area contributed by atoms with Gasteiger partial charge in [-0.05, 0) is 43.4 Å². The molecule has 0 aliphatic carbocycles. The number of phenolic OH excluding ortho intramolecular Hbond substituents is 1. The van der Waals surface area contributed by atoms with Gasteiger partial charge in [0, 0.05) is 26.6 Å². The van der Waals surface area contributed by atoms with Crippen molar-refractivity contribution in [2.24, 2.45) is 0 Å². The summed E-state index contributed by atoms with van der Waals surface area (Å²) in [6.07, 6.45) is 5.05. The molecule has 1 aliphatic rings. The molecule has 1 unspecified atom stereocenters. The van der Waals surface area contributed by atoms with Crippen molar-refractivity contribution in [2.45, 2.75) is 44.8 Å². The molecule has 2 rings (SSSR count). The topological polar surface area (TPSA) is 49.8 Å². The minimum absolute atomic E-state index is 0.146. The van der Waals surface area contributed by atoms with Crippen molar-refractivity contribution in [3.05, 3.63) is 29.8 Å². The average molecular weight is 277 g/mol. The second-order valence-corrected chi connectivity index (χ2v) is 5.44. The van der Waals surface area contributed by atoms with Crippen LogP contribution >= 0.6 is 0 Å². The van der Waals surface area contributed by atoms with Crippen LogP contribution in [-0.2, 0) is 16.1 Å². The van der Waals surface area contributed by atoms with Crippen LogP contribution in [0.3, 0.4) is 0 Å². The number of hydrogen-bond acceptors (Lipinski definition) is 3. The molecule has 4 nitrogen and oxygen atoms in total. The number of amides is 1. The zero-order chi connectivity index (χ0) is 14.4. The van der Waals surface area contributed by atoms with Gasteiger partial charge in [0.15, 0.2) is 0 Å². The molecule has 1 aromatic carbocycles. The van der Waals surface area contributed by atoms with E-state index in [4.69, 9.17) is 4.74 Å². The molecular weight excluding hydrogens is 254 g/mol. The molecule has 110 valence electrons. The molecule has 0 bridgehead atoms. The van der Waals surface area contributed by atoms with Crippen molar-refractivity contribution in [1.29, 1.82) is 0 Å². The largest absolute Gasteiger partial charge is 0.508 e. The standard InChI is InChI=1S/C16H23NO3/c1-17(12-13-5-7-14(18)8-6-13)16(19)10-9-15-4-2-3-11-20-15/h5-8,15,18H,2-4,9-12H2,1H3. The number of rotatable bonds is 5. The lowest BCUT2D eigenvalue weighted by Crippen LogP contribution is -2.28. The van der Waals surface area contributed by atoms with Gasteiger partial charge in [-0.15, -0.1) is 0 Å². The lowest BCUT2D eigenvalue weighted by atomic mass is 10.0. The molecule has 1 N–H and O–H groups in total. The molecular formula is C16H23NO3. The fourth-order valence-corrected chi connectivity index (χ4v) is 2.47. The van der Waals surface area contributed by atoms with Crippen LogP contribution in [0, 0.1) is 0 Å². The first-order chi connectivity index (χ1) is 9.65. The molecule has 0 radical (unpaired) electrons. The van der Waals surface area contributed by atoms with E-state index in [-0.39, 0.29) is 17.8 Å². The highest BCUT2D eigenvalue weighted by molar-refractivity contribution is 5.75. The van der Waals surface area contributed by atoms with Gasteiger partial charge < -0.3 is 14.7 Å². The summed E-state index contributed by atoms with van der Waals surface area (Å²) in [6, 6.07) is 6.96. The summed E-state index contributed by atoms with van der Waals surface area (Å²) in [7, 11) is 1.82. The molecule has 1 fully saturated rings. The molecule has 4 heteroatoms. The van der Waals surface area contributed by atoms with Crippen LogP contribution in [0.1, 0.15) is 37.7 Å². The first-order valence-corrected chi connectivity index (χ1v) is 7.28. The summed E-state index contributed by atoms with van der Waals surface area (Å²) in [5, 5.41) is 9.23. The van der Waals surface area contributed by atoms with Gasteiger partial charge in [-0.25, -0.2) is 0 Å². The number of carbonyl (C=O) groups is 1. The summed E-state index contributed by atoms with van der Waals surface area (Å²) in [6.45, 7) is 1.41. The Morgan fingerprint density at radius 3 is 2.75 bits per heavy atom. The summed E-state index contributed by atoms with van der Waals surface area (Å²) >= 11 is 0. The Morgan fingerprint density at radius 1 is 1.35 bits per heavy atom. The van der Waals surface area contributed by atoms with E-state index < -0.39 is 0 Å². The number of ether oxygens (including phenoxy) is 1. The third-order valence-corrected chi connectivity index (χ3v) is 3.74. The van der Waals surface area contributed by atoms with Gasteiger partial charge in [-0.3, -0.25) is 4.79 Å². The van der Waals surface area contributed by atoms with Gasteiger partial charge in [0.1, 0.15) is 5.75 Å². The third-order valence-electron chi connectivity index (χ3n) is 3.74. The Bertz CT molecular complexity index is 424. The maximum Gasteiger partial charge on any atom is 0.222 e. The van der Waals surface area contributed by atoms with Crippen LogP contribution < -0.4 is 0 Å². The molecule has 1 heterocycles. The fraction of sp³-hybridized carbons (Fsp3) is 0.562. The minimum Gasteiger partial charge on any atom is -0.508 e. The molecule has 0 saturated carbocycles. The van der Waals surface area contributed by atoms with E-state index in [1.165, 1.54) is 6.42 Å². The van der Waals surface area contributed by atoms with E-state index in [1.54, 1.807) is 17.0 Å². The third kappa shape index (κ3) is 4.53. The normalized spacial score (nSPS) is 18.8. The Morgan fingerprint density at radius 2 is 2.10 bits per heavy atom. The van der Waals surface area contributed by atoms with Gasteiger partial charge >= 0.3 is 0 Å². The van der Waals surface area contributed by atoms with Crippen LogP contribution in [0.15, 0.2) is 24.3 Å². The molecule has 0 spiro atoms. The Kier molecular flexibility index (Phi) is 5.41. The van der Waals surface area contributed by atoms with Gasteiger partial charge in [-0.1, -0.05) is 12.1 Å². The zero-order valence-corrected chi connectivity index (χ0v) is 12.0. The Balaban J connectivity index is 1.75. The quantitative estimate of drug-likeness (QED) is 0.900. The van der Waals surface area contributed by atoms with E-state index in [1.807, 2.05) is 19.2 Å². The number of phenols is 1. The van der Waals surface area contributed by atoms with Crippen LogP contribution in [0.25, 0.3) is 0 Å². The van der Waals surface area contributed by atoms with Crippen molar-refractivity contribution < 1.29 is 14.6 Å². The maximum absolute atomic E-state index is 12.1. The maximum atomic E-state index is 12.1. The van der Waals surface area contributed by atoms with Crippen LogP contribution in [0.4, 0.5) is 0 Å². The minimum atomic E-state index is 0.146. The number of nitrogens with zero attached hydrogens (tertiary/aromatic N) is 1. The molecule has 1 aromatic rings. The number of hydrogen-bond donors (Lipinski definition) is 1. The monoisotopic (exact) mass is 277 g/mol. The highest BCUT2D eigenvalue weighted by Gasteiger charge is 2.17. The Hall–Kier alpha value is -1.55. The van der Waals surface area contributed by atoms with Crippen LogP contribution in [0.5, 0.6) is 5.75 Å². The van der Waals surface area contributed by atoms with Crippen LogP contribution in [0.2, 0.25) is 0 Å². The van der Waals surface area contributed by atoms with E-state index in [0.29, 0.717) is 13.0 Å². The Labute approximate surface area is 120 Å². The van der Waals surface area contributed by atoms with E-state index in [0.717, 1.165) is 31.4 Å². The summed E-state index contributed by atoms with van der Waals surface area (Å²) in [5.41, 5.74) is 1.02. The lowest BCUT2D eigenvalue weighted by Gasteiger charge is -2.23. The predicted molar refractivity (Wildman–Crippen MR) is 77.4 cm³/mol. The number of benzene rings is 1. The number of carbonyl (C=O) groups excluding carboxylic acids is 1. The number of aromatic hydroxyl groups is 1. The SMILES string of the molecule is CN(Cc1ccc(O)cc1)C(=O)CCC1CCCCO1. The molecule has 1 saturated heterocycles. The second-order valence-electron chi connectivity index (χ2n) is 5.44. The van der Waals surface area contributed by atoms with Gasteiger partial charge in [0.05, 0.1) is 6.10 Å². The highest BCUT2D eigenvalue weighted by Crippen LogP contribution is 2.18. The van der Waals surface area contributed by atoms with E-state index in [2.05, 4.69) is 0 Å². The summed E-state index contributed by atoms with van der Waals surface area (Å²) in [4.78, 5) is 13.8. The van der Waals surface area contributed by atoms with Gasteiger partial charge in [0.2, 0.25) is 5.91 Å². The van der Waals surface area contributed by atoms with Crippen molar-refractivity contribution in [3.63, 3.8) is 0 Å². The summed E-state index contributed by atoms with van der Waals surface area (Å²) < 4.78 is 5.64. The lowest BCUT2D eigenvalue weighted by molar-refractivity contribution is -0.131. The van der Waals surface area contributed by atoms with E-state index in [9.17, 15) is 9.90 Å². The molecule has 1 atom stereocenters. The summed E-state index contributed by atoms with van der Waals surface area (Å²) in [5.74, 6) is 0.393. The predicted octanol–water partition coefficient (Wildman–Crippen LogP) is 2.70.